The molecular weight excluding hydrogens is 250 g/mol. The normalized spacial score (nSPS) is 18.3. The first kappa shape index (κ1) is 13.3. The average Bonchev–Trinajstić information content (AvgIpc) is 2.68. The van der Waals surface area contributed by atoms with Crippen LogP contribution in [0.4, 0.5) is 5.69 Å². The van der Waals surface area contributed by atoms with E-state index >= 15 is 0 Å². The van der Waals surface area contributed by atoms with Crippen molar-refractivity contribution in [3.05, 3.63) is 18.5 Å². The SMILES string of the molecule is CNc1ccncc1S(=O)(=O)N1CCCCCC1. The maximum Gasteiger partial charge on any atom is 0.246 e. The molecule has 0 bridgehead atoms. The number of aromatic nitrogens is 1. The van der Waals surface area contributed by atoms with Crippen molar-refractivity contribution in [2.45, 2.75) is 30.6 Å². The second kappa shape index (κ2) is 5.67. The highest BCUT2D eigenvalue weighted by molar-refractivity contribution is 7.89. The van der Waals surface area contributed by atoms with Gasteiger partial charge in [0.05, 0.1) is 5.69 Å². The van der Waals surface area contributed by atoms with Crippen LogP contribution in [0.3, 0.4) is 0 Å². The molecule has 0 amide bonds. The van der Waals surface area contributed by atoms with E-state index < -0.39 is 10.0 Å². The molecule has 0 aliphatic carbocycles. The molecule has 1 aliphatic rings. The van der Waals surface area contributed by atoms with E-state index in [2.05, 4.69) is 10.3 Å². The summed E-state index contributed by atoms with van der Waals surface area (Å²) in [4.78, 5) is 4.20. The van der Waals surface area contributed by atoms with Gasteiger partial charge in [-0.25, -0.2) is 8.42 Å². The summed E-state index contributed by atoms with van der Waals surface area (Å²) in [6.45, 7) is 1.22. The minimum absolute atomic E-state index is 0.273. The van der Waals surface area contributed by atoms with Crippen LogP contribution >= 0.6 is 0 Å². The molecule has 1 aromatic rings. The van der Waals surface area contributed by atoms with Gasteiger partial charge < -0.3 is 5.32 Å². The van der Waals surface area contributed by atoms with Gasteiger partial charge in [-0.05, 0) is 18.9 Å². The Kier molecular flexibility index (Phi) is 4.19. The maximum absolute atomic E-state index is 12.6. The van der Waals surface area contributed by atoms with Crippen molar-refractivity contribution in [2.24, 2.45) is 0 Å². The number of anilines is 1. The van der Waals surface area contributed by atoms with E-state index in [4.69, 9.17) is 0 Å². The molecule has 2 rings (SSSR count). The minimum atomic E-state index is -3.42. The van der Waals surface area contributed by atoms with Crippen LogP contribution in [0.2, 0.25) is 0 Å². The van der Waals surface area contributed by atoms with Gasteiger partial charge in [-0.1, -0.05) is 12.8 Å². The minimum Gasteiger partial charge on any atom is -0.387 e. The average molecular weight is 269 g/mol. The quantitative estimate of drug-likeness (QED) is 0.907. The van der Waals surface area contributed by atoms with Crippen molar-refractivity contribution in [3.8, 4) is 0 Å². The molecule has 1 aliphatic heterocycles. The van der Waals surface area contributed by atoms with E-state index in [1.54, 1.807) is 23.6 Å². The summed E-state index contributed by atoms with van der Waals surface area (Å²) in [5, 5.41) is 2.91. The Morgan fingerprint density at radius 2 is 1.89 bits per heavy atom. The molecule has 0 radical (unpaired) electrons. The maximum atomic E-state index is 12.6. The molecular formula is C12H19N3O2S. The predicted molar refractivity (Wildman–Crippen MR) is 71.0 cm³/mol. The highest BCUT2D eigenvalue weighted by Crippen LogP contribution is 2.25. The molecule has 5 nitrogen and oxygen atoms in total. The summed E-state index contributed by atoms with van der Waals surface area (Å²) in [7, 11) is -1.70. The summed E-state index contributed by atoms with van der Waals surface area (Å²) >= 11 is 0. The summed E-state index contributed by atoms with van der Waals surface area (Å²) in [6, 6.07) is 1.69. The Bertz CT molecular complexity index is 494. The number of rotatable bonds is 3. The molecule has 2 heterocycles. The van der Waals surface area contributed by atoms with Crippen LogP contribution in [-0.4, -0.2) is 37.8 Å². The molecule has 6 heteroatoms. The molecule has 0 spiro atoms. The lowest BCUT2D eigenvalue weighted by Gasteiger charge is -2.21. The van der Waals surface area contributed by atoms with E-state index in [0.29, 0.717) is 18.8 Å². The van der Waals surface area contributed by atoms with Crippen LogP contribution in [0.5, 0.6) is 0 Å². The van der Waals surface area contributed by atoms with Crippen LogP contribution in [0, 0.1) is 0 Å². The molecule has 1 aromatic heterocycles. The molecule has 100 valence electrons. The van der Waals surface area contributed by atoms with E-state index in [1.165, 1.54) is 6.20 Å². The third kappa shape index (κ3) is 2.64. The molecule has 0 unspecified atom stereocenters. The van der Waals surface area contributed by atoms with Gasteiger partial charge in [0.2, 0.25) is 10.0 Å². The Hall–Kier alpha value is -1.14. The summed E-state index contributed by atoms with van der Waals surface area (Å²) in [5.74, 6) is 0. The molecule has 0 saturated carbocycles. The van der Waals surface area contributed by atoms with Gasteiger partial charge in [0.1, 0.15) is 4.90 Å². The van der Waals surface area contributed by atoms with Crippen LogP contribution in [-0.2, 0) is 10.0 Å². The highest BCUT2D eigenvalue weighted by Gasteiger charge is 2.27. The number of pyridine rings is 1. The summed E-state index contributed by atoms with van der Waals surface area (Å²) < 4.78 is 26.7. The third-order valence-electron chi connectivity index (χ3n) is 3.24. The molecule has 0 atom stereocenters. The number of sulfonamides is 1. The zero-order valence-electron chi connectivity index (χ0n) is 10.6. The second-order valence-corrected chi connectivity index (χ2v) is 6.35. The van der Waals surface area contributed by atoms with E-state index in [0.717, 1.165) is 25.7 Å². The van der Waals surface area contributed by atoms with Gasteiger partial charge in [-0.15, -0.1) is 0 Å². The fourth-order valence-corrected chi connectivity index (χ4v) is 3.87. The van der Waals surface area contributed by atoms with Gasteiger partial charge in [-0.3, -0.25) is 4.98 Å². The van der Waals surface area contributed by atoms with Gasteiger partial charge in [0.15, 0.2) is 0 Å². The fraction of sp³-hybridized carbons (Fsp3) is 0.583. The first-order chi connectivity index (χ1) is 8.66. The molecule has 1 saturated heterocycles. The van der Waals surface area contributed by atoms with E-state index in [-0.39, 0.29) is 4.90 Å². The lowest BCUT2D eigenvalue weighted by Crippen LogP contribution is -2.32. The Morgan fingerprint density at radius 1 is 1.22 bits per heavy atom. The fourth-order valence-electron chi connectivity index (χ4n) is 2.21. The number of nitrogens with zero attached hydrogens (tertiary/aromatic N) is 2. The zero-order valence-corrected chi connectivity index (χ0v) is 11.4. The monoisotopic (exact) mass is 269 g/mol. The van der Waals surface area contributed by atoms with Crippen LogP contribution in [0.15, 0.2) is 23.4 Å². The first-order valence-corrected chi connectivity index (χ1v) is 7.72. The van der Waals surface area contributed by atoms with E-state index in [1.807, 2.05) is 0 Å². The van der Waals surface area contributed by atoms with Gasteiger partial charge in [-0.2, -0.15) is 4.31 Å². The number of hydrogen-bond donors (Lipinski definition) is 1. The van der Waals surface area contributed by atoms with Crippen LogP contribution < -0.4 is 5.32 Å². The first-order valence-electron chi connectivity index (χ1n) is 6.28. The number of hydrogen-bond acceptors (Lipinski definition) is 4. The summed E-state index contributed by atoms with van der Waals surface area (Å²) in [5.41, 5.74) is 0.606. The predicted octanol–water partition coefficient (Wildman–Crippen LogP) is 1.69. The van der Waals surface area contributed by atoms with Crippen molar-refractivity contribution in [3.63, 3.8) is 0 Å². The van der Waals surface area contributed by atoms with E-state index in [9.17, 15) is 8.42 Å². The second-order valence-electron chi connectivity index (χ2n) is 4.44. The molecule has 1 fully saturated rings. The number of nitrogens with one attached hydrogen (secondary N) is 1. The van der Waals surface area contributed by atoms with Gasteiger partial charge in [0, 0.05) is 32.5 Å². The highest BCUT2D eigenvalue weighted by atomic mass is 32.2. The van der Waals surface area contributed by atoms with Crippen molar-refractivity contribution in [1.29, 1.82) is 0 Å². The third-order valence-corrected chi connectivity index (χ3v) is 5.16. The summed E-state index contributed by atoms with van der Waals surface area (Å²) in [6.07, 6.45) is 7.11. The van der Waals surface area contributed by atoms with Crippen molar-refractivity contribution >= 4 is 15.7 Å². The van der Waals surface area contributed by atoms with Crippen LogP contribution in [0.25, 0.3) is 0 Å². The van der Waals surface area contributed by atoms with Crippen LogP contribution in [0.1, 0.15) is 25.7 Å². The zero-order chi connectivity index (χ0) is 13.0. The van der Waals surface area contributed by atoms with Crippen molar-refractivity contribution in [2.75, 3.05) is 25.5 Å². The smallest absolute Gasteiger partial charge is 0.246 e. The Labute approximate surface area is 108 Å². The lowest BCUT2D eigenvalue weighted by atomic mass is 10.2. The van der Waals surface area contributed by atoms with Crippen molar-refractivity contribution in [1.82, 2.24) is 9.29 Å². The molecule has 1 N–H and O–H groups in total. The lowest BCUT2D eigenvalue weighted by molar-refractivity contribution is 0.424. The standard InChI is InChI=1S/C12H19N3O2S/c1-13-11-6-7-14-10-12(11)18(16,17)15-8-4-2-3-5-9-15/h6-7,10H,2-5,8-9H2,1H3,(H,13,14). The topological polar surface area (TPSA) is 62.3 Å². The van der Waals surface area contributed by atoms with Gasteiger partial charge >= 0.3 is 0 Å². The largest absolute Gasteiger partial charge is 0.387 e. The van der Waals surface area contributed by atoms with Gasteiger partial charge in [0.25, 0.3) is 0 Å². The molecule has 0 aromatic carbocycles. The Morgan fingerprint density at radius 3 is 2.50 bits per heavy atom. The molecule has 18 heavy (non-hydrogen) atoms. The van der Waals surface area contributed by atoms with Crippen molar-refractivity contribution < 1.29 is 8.42 Å². The Balaban J connectivity index is 2.34.